The third kappa shape index (κ3) is 26.7. The summed E-state index contributed by atoms with van der Waals surface area (Å²) in [6, 6.07) is 0. The van der Waals surface area contributed by atoms with Gasteiger partial charge in [-0.3, -0.25) is 9.59 Å². The minimum Gasteiger partial charge on any atom is -0.462 e. The monoisotopic (exact) mass is 935 g/mol. The second-order valence-electron chi connectivity index (χ2n) is 18.7. The molecule has 2 saturated heterocycles. The zero-order valence-corrected chi connectivity index (χ0v) is 40.5. The van der Waals surface area contributed by atoms with Gasteiger partial charge in [0, 0.05) is 12.8 Å². The molecule has 0 saturated carbocycles. The lowest BCUT2D eigenvalue weighted by Crippen LogP contribution is -2.61. The number of unbranched alkanes of at least 4 members (excludes halogenated alkanes) is 27. The van der Waals surface area contributed by atoms with Crippen molar-refractivity contribution in [1.29, 1.82) is 0 Å². The molecule has 0 aromatic rings. The molecule has 0 bridgehead atoms. The molecule has 0 aromatic heterocycles. The average molecular weight is 935 g/mol. The summed E-state index contributed by atoms with van der Waals surface area (Å²) >= 11 is 0. The van der Waals surface area contributed by atoms with E-state index < -0.39 is 92.7 Å². The lowest BCUT2D eigenvalue weighted by molar-refractivity contribution is -0.332. The summed E-state index contributed by atoms with van der Waals surface area (Å²) in [6.45, 7) is 2.62. The van der Waals surface area contributed by atoms with Crippen molar-refractivity contribution in [3.05, 3.63) is 0 Å². The van der Waals surface area contributed by atoms with Gasteiger partial charge in [-0.05, 0) is 12.8 Å². The first-order valence-corrected chi connectivity index (χ1v) is 26.1. The SMILES string of the molecule is CCCCCCCCCCCCCCCCCC(=O)O[C@H](COC(=O)CCCCCCCCCCCCCCCC)CO[C@@H]1O[C@H](CO[C@@H]2O[C@H](CO)[C@H](O)C(O)C2O)[C@H](O)C(O)C1O. The predicted octanol–water partition coefficient (Wildman–Crippen LogP) is 7.22. The van der Waals surface area contributed by atoms with Crippen LogP contribution in [0.2, 0.25) is 0 Å². The lowest BCUT2D eigenvalue weighted by Gasteiger charge is -2.42. The Kier molecular flexibility index (Phi) is 35.2. The maximum atomic E-state index is 13.0. The highest BCUT2D eigenvalue weighted by molar-refractivity contribution is 5.70. The van der Waals surface area contributed by atoms with Gasteiger partial charge in [0.1, 0.15) is 55.4 Å². The Morgan fingerprint density at radius 2 is 0.785 bits per heavy atom. The topological polar surface area (TPSA) is 231 Å². The maximum absolute atomic E-state index is 13.0. The summed E-state index contributed by atoms with van der Waals surface area (Å²) in [4.78, 5) is 25.7. The van der Waals surface area contributed by atoms with Crippen LogP contribution in [-0.4, -0.2) is 142 Å². The highest BCUT2D eigenvalue weighted by Crippen LogP contribution is 2.27. The van der Waals surface area contributed by atoms with Crippen LogP contribution in [0.5, 0.6) is 0 Å². The fraction of sp³-hybridized carbons (Fsp3) is 0.960. The third-order valence-corrected chi connectivity index (χ3v) is 12.8. The van der Waals surface area contributed by atoms with Crippen molar-refractivity contribution in [2.24, 2.45) is 0 Å². The molecular formula is C50H94O15. The van der Waals surface area contributed by atoms with Gasteiger partial charge in [0.15, 0.2) is 18.7 Å². The number of carbonyl (C=O) groups is 2. The largest absolute Gasteiger partial charge is 0.462 e. The van der Waals surface area contributed by atoms with Crippen LogP contribution in [0.25, 0.3) is 0 Å². The Morgan fingerprint density at radius 1 is 0.431 bits per heavy atom. The van der Waals surface area contributed by atoms with Crippen molar-refractivity contribution in [2.75, 3.05) is 26.4 Å². The first kappa shape index (κ1) is 59.6. The molecular weight excluding hydrogens is 841 g/mol. The zero-order valence-electron chi connectivity index (χ0n) is 40.5. The van der Waals surface area contributed by atoms with Crippen LogP contribution in [0.15, 0.2) is 0 Å². The maximum Gasteiger partial charge on any atom is 0.306 e. The Bertz CT molecular complexity index is 1150. The first-order valence-electron chi connectivity index (χ1n) is 26.1. The Labute approximate surface area is 391 Å². The van der Waals surface area contributed by atoms with Crippen molar-refractivity contribution in [2.45, 2.75) is 280 Å². The molecule has 11 atom stereocenters. The summed E-state index contributed by atoms with van der Waals surface area (Å²) in [7, 11) is 0. The number of rotatable bonds is 41. The van der Waals surface area contributed by atoms with E-state index in [4.69, 9.17) is 28.4 Å². The van der Waals surface area contributed by atoms with Crippen LogP contribution in [0.4, 0.5) is 0 Å². The van der Waals surface area contributed by atoms with Crippen LogP contribution in [0.1, 0.15) is 213 Å². The smallest absolute Gasteiger partial charge is 0.306 e. The molecule has 2 fully saturated rings. The van der Waals surface area contributed by atoms with Crippen LogP contribution in [-0.2, 0) is 38.0 Å². The minimum absolute atomic E-state index is 0.173. The van der Waals surface area contributed by atoms with E-state index in [1.54, 1.807) is 0 Å². The second-order valence-corrected chi connectivity index (χ2v) is 18.7. The summed E-state index contributed by atoms with van der Waals surface area (Å²) in [5, 5.41) is 72.0. The van der Waals surface area contributed by atoms with Crippen molar-refractivity contribution in [1.82, 2.24) is 0 Å². The molecule has 0 amide bonds. The summed E-state index contributed by atoms with van der Waals surface area (Å²) < 4.78 is 33.6. The molecule has 15 nitrogen and oxygen atoms in total. The molecule has 2 heterocycles. The fourth-order valence-corrected chi connectivity index (χ4v) is 8.51. The molecule has 0 spiro atoms. The molecule has 7 N–H and O–H groups in total. The Morgan fingerprint density at radius 3 is 1.20 bits per heavy atom. The van der Waals surface area contributed by atoms with Gasteiger partial charge >= 0.3 is 11.9 Å². The second kappa shape index (κ2) is 38.4. The van der Waals surface area contributed by atoms with Gasteiger partial charge in [-0.2, -0.15) is 0 Å². The van der Waals surface area contributed by atoms with Crippen LogP contribution in [0.3, 0.4) is 0 Å². The summed E-state index contributed by atoms with van der Waals surface area (Å²) in [5.74, 6) is -0.909. The standard InChI is InChI=1S/C50H94O15/c1-3-5-7-9-11-13-15-17-19-21-23-25-27-29-31-33-42(53)63-38(35-60-41(52)32-30-28-26-24-22-20-18-16-14-12-10-8-6-4-2)36-61-49-48(59)46(57)44(55)40(65-49)37-62-50-47(58)45(56)43(54)39(34-51)64-50/h38-40,43-51,54-59H,3-37H2,1-2H3/t38-,39-,40-,43+,44+,45?,46?,47?,48?,49-,50-/m1/s1. The zero-order chi connectivity index (χ0) is 47.5. The van der Waals surface area contributed by atoms with Gasteiger partial charge in [-0.1, -0.05) is 187 Å². The van der Waals surface area contributed by atoms with Crippen LogP contribution in [0, 0.1) is 0 Å². The molecule has 0 aliphatic carbocycles. The number of carbonyl (C=O) groups excluding carboxylic acids is 2. The van der Waals surface area contributed by atoms with E-state index in [9.17, 15) is 45.3 Å². The average Bonchev–Trinajstić information content (AvgIpc) is 3.30. The quantitative estimate of drug-likeness (QED) is 0.0237. The lowest BCUT2D eigenvalue weighted by atomic mass is 9.98. The predicted molar refractivity (Wildman–Crippen MR) is 248 cm³/mol. The number of hydrogen-bond donors (Lipinski definition) is 7. The molecule has 2 aliphatic heterocycles. The number of aliphatic hydroxyl groups excluding tert-OH is 7. The van der Waals surface area contributed by atoms with E-state index in [2.05, 4.69) is 13.8 Å². The molecule has 384 valence electrons. The van der Waals surface area contributed by atoms with E-state index in [0.29, 0.717) is 12.8 Å². The van der Waals surface area contributed by atoms with Crippen molar-refractivity contribution < 1.29 is 73.8 Å². The molecule has 4 unspecified atom stereocenters. The van der Waals surface area contributed by atoms with E-state index in [1.165, 1.54) is 135 Å². The van der Waals surface area contributed by atoms with Gasteiger partial charge in [0.25, 0.3) is 0 Å². The fourth-order valence-electron chi connectivity index (χ4n) is 8.51. The minimum atomic E-state index is -1.76. The molecule has 0 radical (unpaired) electrons. The number of hydrogen-bond acceptors (Lipinski definition) is 15. The summed E-state index contributed by atoms with van der Waals surface area (Å²) in [5.41, 5.74) is 0. The van der Waals surface area contributed by atoms with Crippen molar-refractivity contribution >= 4 is 11.9 Å². The molecule has 15 heteroatoms. The van der Waals surface area contributed by atoms with Gasteiger partial charge in [0.2, 0.25) is 0 Å². The number of aliphatic hydroxyl groups is 7. The first-order chi connectivity index (χ1) is 31.5. The van der Waals surface area contributed by atoms with Gasteiger partial charge < -0.3 is 64.2 Å². The van der Waals surface area contributed by atoms with E-state index >= 15 is 0 Å². The Hall–Kier alpha value is -1.50. The highest BCUT2D eigenvalue weighted by Gasteiger charge is 2.47. The van der Waals surface area contributed by atoms with Gasteiger partial charge in [-0.15, -0.1) is 0 Å². The third-order valence-electron chi connectivity index (χ3n) is 12.8. The van der Waals surface area contributed by atoms with Crippen LogP contribution >= 0.6 is 0 Å². The van der Waals surface area contributed by atoms with Crippen molar-refractivity contribution in [3.8, 4) is 0 Å². The normalized spacial score (nSPS) is 26.3. The van der Waals surface area contributed by atoms with E-state index in [0.717, 1.165) is 38.5 Å². The van der Waals surface area contributed by atoms with Crippen molar-refractivity contribution in [3.63, 3.8) is 0 Å². The Balaban J connectivity index is 1.80. The molecule has 65 heavy (non-hydrogen) atoms. The molecule has 2 aliphatic rings. The van der Waals surface area contributed by atoms with Crippen LogP contribution < -0.4 is 0 Å². The summed E-state index contributed by atoms with van der Waals surface area (Å²) in [6.07, 6.45) is 18.4. The van der Waals surface area contributed by atoms with Gasteiger partial charge in [-0.25, -0.2) is 0 Å². The number of esters is 2. The van der Waals surface area contributed by atoms with E-state index in [1.807, 2.05) is 0 Å². The van der Waals surface area contributed by atoms with Gasteiger partial charge in [0.05, 0.1) is 19.8 Å². The number of ether oxygens (including phenoxy) is 6. The van der Waals surface area contributed by atoms with E-state index in [-0.39, 0.29) is 26.1 Å². The highest BCUT2D eigenvalue weighted by atomic mass is 16.7. The molecule has 0 aromatic carbocycles. The molecule has 2 rings (SSSR count).